The van der Waals surface area contributed by atoms with Gasteiger partial charge in [-0.15, -0.1) is 0 Å². The molecule has 0 spiro atoms. The molecular weight excluding hydrogens is 419 g/mol. The lowest BCUT2D eigenvalue weighted by molar-refractivity contribution is -0.145. The number of hydrogen-bond donors (Lipinski definition) is 1. The van der Waals surface area contributed by atoms with Crippen LogP contribution in [0.4, 0.5) is 4.39 Å². The minimum atomic E-state index is -1.26. The van der Waals surface area contributed by atoms with Crippen LogP contribution in [-0.2, 0) is 17.6 Å². The molecule has 0 heterocycles. The van der Waals surface area contributed by atoms with Crippen molar-refractivity contribution in [1.29, 1.82) is 0 Å². The van der Waals surface area contributed by atoms with Gasteiger partial charge in [0.2, 0.25) is 6.10 Å². The molecule has 0 fully saturated rings. The molecule has 0 saturated heterocycles. The maximum Gasteiger partial charge on any atom is 0.349 e. The molecule has 2 rings (SSSR count). The number of ether oxygens (including phenoxy) is 1. The molecule has 0 radical (unpaired) electrons. The highest BCUT2D eigenvalue weighted by atomic mass is 19.1. The van der Waals surface area contributed by atoms with Crippen LogP contribution in [0.15, 0.2) is 30.3 Å². The van der Waals surface area contributed by atoms with E-state index in [1.54, 1.807) is 25.1 Å². The molecular formula is C28H39FO4. The largest absolute Gasteiger partial charge is 0.478 e. The van der Waals surface area contributed by atoms with Crippen LogP contribution in [0.2, 0.25) is 0 Å². The van der Waals surface area contributed by atoms with Gasteiger partial charge in [-0.2, -0.15) is 0 Å². The van der Waals surface area contributed by atoms with Crippen molar-refractivity contribution < 1.29 is 23.8 Å². The summed E-state index contributed by atoms with van der Waals surface area (Å²) >= 11 is 0. The van der Waals surface area contributed by atoms with Gasteiger partial charge < -0.3 is 9.84 Å². The fraction of sp³-hybridized carbons (Fsp3) is 0.500. The van der Waals surface area contributed by atoms with E-state index in [4.69, 9.17) is 4.74 Å². The Hall–Kier alpha value is -2.69. The first kappa shape index (κ1) is 28.3. The smallest absolute Gasteiger partial charge is 0.349 e. The first-order valence-corrected chi connectivity index (χ1v) is 12.1. The quantitative estimate of drug-likeness (QED) is 0.351. The topological polar surface area (TPSA) is 63.6 Å². The molecule has 0 amide bonds. The molecule has 33 heavy (non-hydrogen) atoms. The van der Waals surface area contributed by atoms with Gasteiger partial charge in [-0.05, 0) is 36.0 Å². The lowest BCUT2D eigenvalue weighted by Gasteiger charge is -2.23. The van der Waals surface area contributed by atoms with Crippen molar-refractivity contribution in [3.05, 3.63) is 64.0 Å². The van der Waals surface area contributed by atoms with Crippen LogP contribution in [0.5, 0.6) is 5.75 Å². The van der Waals surface area contributed by atoms with Crippen molar-refractivity contribution in [2.24, 2.45) is 0 Å². The first-order valence-electron chi connectivity index (χ1n) is 12.1. The number of rotatable bonds is 11. The zero-order valence-electron chi connectivity index (χ0n) is 21.1. The van der Waals surface area contributed by atoms with Gasteiger partial charge in [-0.3, -0.25) is 4.79 Å². The molecule has 1 N–H and O–H groups in total. The molecule has 0 aliphatic carbocycles. The second kappa shape index (κ2) is 13.8. The molecule has 0 saturated carbocycles. The van der Waals surface area contributed by atoms with Crippen LogP contribution >= 0.6 is 0 Å². The second-order valence-electron chi connectivity index (χ2n) is 8.14. The van der Waals surface area contributed by atoms with Gasteiger partial charge in [-0.1, -0.05) is 85.6 Å². The van der Waals surface area contributed by atoms with E-state index in [1.165, 1.54) is 0 Å². The average molecular weight is 459 g/mol. The minimum absolute atomic E-state index is 0.0647. The maximum atomic E-state index is 15.3. The van der Waals surface area contributed by atoms with Crippen LogP contribution in [0.25, 0.3) is 0 Å². The molecule has 2 aromatic rings. The molecule has 1 unspecified atom stereocenters. The molecule has 0 bridgehead atoms. The summed E-state index contributed by atoms with van der Waals surface area (Å²) in [5.41, 5.74) is 2.62. The van der Waals surface area contributed by atoms with Crippen LogP contribution in [-0.4, -0.2) is 16.9 Å². The van der Waals surface area contributed by atoms with Gasteiger partial charge in [0.05, 0.1) is 5.56 Å². The molecule has 1 atom stereocenters. The van der Waals surface area contributed by atoms with Crippen LogP contribution in [0, 0.1) is 5.82 Å². The summed E-state index contributed by atoms with van der Waals surface area (Å²) in [6.07, 6.45) is 1.27. The number of carbonyl (C=O) groups excluding carboxylic acids is 1. The molecule has 0 aromatic heterocycles. The van der Waals surface area contributed by atoms with Crippen molar-refractivity contribution in [1.82, 2.24) is 0 Å². The zero-order chi connectivity index (χ0) is 25.1. The lowest BCUT2D eigenvalue weighted by Crippen LogP contribution is -2.20. The Morgan fingerprint density at radius 2 is 1.52 bits per heavy atom. The van der Waals surface area contributed by atoms with E-state index in [2.05, 4.69) is 13.8 Å². The van der Waals surface area contributed by atoms with E-state index < -0.39 is 17.9 Å². The van der Waals surface area contributed by atoms with Crippen LogP contribution in [0.3, 0.4) is 0 Å². The Morgan fingerprint density at radius 3 is 1.97 bits per heavy atom. The second-order valence-corrected chi connectivity index (χ2v) is 8.14. The number of ketones is 1. The Morgan fingerprint density at radius 1 is 0.970 bits per heavy atom. The lowest BCUT2D eigenvalue weighted by atomic mass is 9.94. The SMILES string of the molecule is CC.CCCc1cc(C(=O)CC)c(F)c(CCC)c1OC(C(=O)O)c1ccc(C(C)C)cc1. The Bertz CT molecular complexity index is 916. The van der Waals surface area contributed by atoms with Gasteiger partial charge in [0.25, 0.3) is 0 Å². The fourth-order valence-electron chi connectivity index (χ4n) is 3.66. The van der Waals surface area contributed by atoms with Crippen molar-refractivity contribution in [3.8, 4) is 5.75 Å². The van der Waals surface area contributed by atoms with Crippen molar-refractivity contribution in [2.75, 3.05) is 0 Å². The number of halogens is 1. The summed E-state index contributed by atoms with van der Waals surface area (Å²) in [5, 5.41) is 9.89. The van der Waals surface area contributed by atoms with Gasteiger partial charge in [0, 0.05) is 17.5 Å². The fourth-order valence-corrected chi connectivity index (χ4v) is 3.66. The Balaban J connectivity index is 0.00000265. The van der Waals surface area contributed by atoms with E-state index in [9.17, 15) is 14.7 Å². The summed E-state index contributed by atoms with van der Waals surface area (Å²) in [5.74, 6) is -1.42. The predicted octanol–water partition coefficient (Wildman–Crippen LogP) is 7.68. The van der Waals surface area contributed by atoms with Crippen LogP contribution < -0.4 is 4.74 Å². The standard InChI is InChI=1S/C26H33FO4.C2H6/c1-6-9-19-15-21(22(28)8-3)23(27)20(10-7-2)24(19)31-25(26(29)30)18-13-11-17(12-14-18)16(4)5;1-2/h11-16,25H,6-10H2,1-5H3,(H,29,30);1-2H3. The third-order valence-electron chi connectivity index (χ3n) is 5.39. The number of aliphatic carboxylic acids is 1. The zero-order valence-corrected chi connectivity index (χ0v) is 21.1. The molecule has 2 aromatic carbocycles. The highest BCUT2D eigenvalue weighted by Crippen LogP contribution is 2.36. The Kier molecular flexibility index (Phi) is 11.8. The first-order chi connectivity index (χ1) is 15.7. The third kappa shape index (κ3) is 7.15. The maximum absolute atomic E-state index is 15.3. The van der Waals surface area contributed by atoms with E-state index in [0.717, 1.165) is 12.0 Å². The van der Waals surface area contributed by atoms with Crippen molar-refractivity contribution in [2.45, 2.75) is 92.6 Å². The molecule has 4 nitrogen and oxygen atoms in total. The molecule has 182 valence electrons. The van der Waals surface area contributed by atoms with Gasteiger partial charge in [-0.25, -0.2) is 9.18 Å². The summed E-state index contributed by atoms with van der Waals surface area (Å²) in [6, 6.07) is 8.82. The summed E-state index contributed by atoms with van der Waals surface area (Å²) in [6.45, 7) is 13.7. The number of Topliss-reactive ketones (excluding diaryl/α,β-unsaturated/α-hetero) is 1. The molecule has 0 aliphatic rings. The normalized spacial score (nSPS) is 11.5. The number of carboxylic acid groups (broad SMARTS) is 1. The number of benzene rings is 2. The van der Waals surface area contributed by atoms with E-state index in [-0.39, 0.29) is 29.1 Å². The number of carboxylic acids is 1. The average Bonchev–Trinajstić information content (AvgIpc) is 2.81. The van der Waals surface area contributed by atoms with Gasteiger partial charge >= 0.3 is 5.97 Å². The van der Waals surface area contributed by atoms with E-state index in [0.29, 0.717) is 36.3 Å². The monoisotopic (exact) mass is 458 g/mol. The minimum Gasteiger partial charge on any atom is -0.478 e. The highest BCUT2D eigenvalue weighted by molar-refractivity contribution is 5.97. The molecule has 0 aliphatic heterocycles. The summed E-state index contributed by atoms with van der Waals surface area (Å²) in [7, 11) is 0. The number of hydrogen-bond acceptors (Lipinski definition) is 3. The number of carbonyl (C=O) groups is 2. The van der Waals surface area contributed by atoms with Gasteiger partial charge in [0.15, 0.2) is 5.78 Å². The summed E-state index contributed by atoms with van der Waals surface area (Å²) < 4.78 is 21.4. The van der Waals surface area contributed by atoms with E-state index in [1.807, 2.05) is 39.8 Å². The Labute approximate surface area is 198 Å². The van der Waals surface area contributed by atoms with Gasteiger partial charge in [0.1, 0.15) is 11.6 Å². The predicted molar refractivity (Wildman–Crippen MR) is 132 cm³/mol. The number of aryl methyl sites for hydroxylation is 1. The highest BCUT2D eigenvalue weighted by Gasteiger charge is 2.28. The third-order valence-corrected chi connectivity index (χ3v) is 5.39. The molecule has 5 heteroatoms. The van der Waals surface area contributed by atoms with E-state index >= 15 is 4.39 Å². The van der Waals surface area contributed by atoms with Crippen molar-refractivity contribution >= 4 is 11.8 Å². The van der Waals surface area contributed by atoms with Crippen LogP contribution in [0.1, 0.15) is 112 Å². The van der Waals surface area contributed by atoms with Crippen molar-refractivity contribution in [3.63, 3.8) is 0 Å². The summed E-state index contributed by atoms with van der Waals surface area (Å²) in [4.78, 5) is 24.4.